The summed E-state index contributed by atoms with van der Waals surface area (Å²) >= 11 is 0. The quantitative estimate of drug-likeness (QED) is 0.431. The zero-order valence-electron chi connectivity index (χ0n) is 14.0. The van der Waals surface area contributed by atoms with Crippen molar-refractivity contribution in [3.63, 3.8) is 0 Å². The molecule has 0 saturated heterocycles. The number of nitrogens with zero attached hydrogens (tertiary/aromatic N) is 2. The molecule has 0 unspecified atom stereocenters. The SMILES string of the molecule is CC(C)Oc1ccc(S(=O)(=O)N/N=C/c2ccc(O)c([N+](=O)[O-])c2)cc1. The molecule has 0 fully saturated rings. The van der Waals surface area contributed by atoms with E-state index in [0.717, 1.165) is 18.3 Å². The minimum absolute atomic E-state index is 0.0116. The first-order valence-electron chi connectivity index (χ1n) is 7.48. The Morgan fingerprint density at radius 1 is 1.23 bits per heavy atom. The van der Waals surface area contributed by atoms with Crippen molar-refractivity contribution in [2.75, 3.05) is 0 Å². The number of ether oxygens (including phenoxy) is 1. The molecule has 0 saturated carbocycles. The molecular weight excluding hydrogens is 362 g/mol. The summed E-state index contributed by atoms with van der Waals surface area (Å²) in [5, 5.41) is 23.7. The van der Waals surface area contributed by atoms with Crippen LogP contribution in [-0.2, 0) is 10.0 Å². The maximum absolute atomic E-state index is 12.2. The van der Waals surface area contributed by atoms with Crippen molar-refractivity contribution >= 4 is 21.9 Å². The van der Waals surface area contributed by atoms with Crippen molar-refractivity contribution in [1.29, 1.82) is 0 Å². The molecule has 0 aliphatic heterocycles. The largest absolute Gasteiger partial charge is 0.502 e. The number of nitrogens with one attached hydrogen (secondary N) is 1. The molecule has 2 aromatic rings. The number of rotatable bonds is 7. The molecule has 0 heterocycles. The van der Waals surface area contributed by atoms with Gasteiger partial charge in [-0.1, -0.05) is 0 Å². The van der Waals surface area contributed by atoms with E-state index in [4.69, 9.17) is 4.74 Å². The van der Waals surface area contributed by atoms with Crippen LogP contribution < -0.4 is 9.57 Å². The lowest BCUT2D eigenvalue weighted by molar-refractivity contribution is -0.385. The Balaban J connectivity index is 2.11. The summed E-state index contributed by atoms with van der Waals surface area (Å²) in [7, 11) is -3.90. The van der Waals surface area contributed by atoms with E-state index in [1.165, 1.54) is 30.3 Å². The average Bonchev–Trinajstić information content (AvgIpc) is 2.56. The van der Waals surface area contributed by atoms with Crippen LogP contribution >= 0.6 is 0 Å². The Morgan fingerprint density at radius 2 is 1.88 bits per heavy atom. The second kappa shape index (κ2) is 7.83. The topological polar surface area (TPSA) is 131 Å². The fraction of sp³-hybridized carbons (Fsp3) is 0.188. The van der Waals surface area contributed by atoms with Crippen molar-refractivity contribution < 1.29 is 23.2 Å². The van der Waals surface area contributed by atoms with Crippen LogP contribution in [0.25, 0.3) is 0 Å². The number of phenols is 1. The molecule has 9 nitrogen and oxygen atoms in total. The van der Waals surface area contributed by atoms with Crippen molar-refractivity contribution in [2.24, 2.45) is 5.10 Å². The molecule has 2 rings (SSSR count). The van der Waals surface area contributed by atoms with Crippen molar-refractivity contribution in [3.8, 4) is 11.5 Å². The second-order valence-electron chi connectivity index (χ2n) is 5.50. The van der Waals surface area contributed by atoms with Gasteiger partial charge in [0.05, 0.1) is 22.1 Å². The first-order chi connectivity index (χ1) is 12.2. The van der Waals surface area contributed by atoms with Gasteiger partial charge in [-0.05, 0) is 50.2 Å². The van der Waals surface area contributed by atoms with Crippen LogP contribution in [0.2, 0.25) is 0 Å². The number of hydrogen-bond donors (Lipinski definition) is 2. The lowest BCUT2D eigenvalue weighted by atomic mass is 10.2. The van der Waals surface area contributed by atoms with Gasteiger partial charge in [-0.2, -0.15) is 13.5 Å². The molecule has 10 heteroatoms. The van der Waals surface area contributed by atoms with Crippen molar-refractivity contribution in [2.45, 2.75) is 24.8 Å². The average molecular weight is 379 g/mol. The maximum Gasteiger partial charge on any atom is 0.311 e. The molecule has 0 aliphatic rings. The number of nitro benzene ring substituents is 1. The van der Waals surface area contributed by atoms with Crippen molar-refractivity contribution in [1.82, 2.24) is 4.83 Å². The van der Waals surface area contributed by atoms with Crippen LogP contribution in [0, 0.1) is 10.1 Å². The van der Waals surface area contributed by atoms with Gasteiger partial charge in [-0.3, -0.25) is 10.1 Å². The Labute approximate surface area is 150 Å². The van der Waals surface area contributed by atoms with Gasteiger partial charge in [0.25, 0.3) is 10.0 Å². The predicted molar refractivity (Wildman–Crippen MR) is 94.9 cm³/mol. The Morgan fingerprint density at radius 3 is 2.46 bits per heavy atom. The molecule has 2 aromatic carbocycles. The van der Waals surface area contributed by atoms with E-state index >= 15 is 0 Å². The predicted octanol–water partition coefficient (Wildman–Crippen LogP) is 2.40. The Bertz CT molecular complexity index is 924. The van der Waals surface area contributed by atoms with Crippen LogP contribution in [0.1, 0.15) is 19.4 Å². The van der Waals surface area contributed by atoms with Gasteiger partial charge in [-0.15, -0.1) is 0 Å². The third-order valence-electron chi connectivity index (χ3n) is 3.09. The monoisotopic (exact) mass is 379 g/mol. The van der Waals surface area contributed by atoms with E-state index in [1.54, 1.807) is 0 Å². The summed E-state index contributed by atoms with van der Waals surface area (Å²) in [5.41, 5.74) is -0.254. The van der Waals surface area contributed by atoms with E-state index in [0.29, 0.717) is 5.75 Å². The van der Waals surface area contributed by atoms with Gasteiger partial charge in [0.15, 0.2) is 5.75 Å². The molecule has 0 radical (unpaired) electrons. The third kappa shape index (κ3) is 4.93. The summed E-state index contributed by atoms with van der Waals surface area (Å²) in [6.07, 6.45) is 1.06. The number of sulfonamides is 1. The zero-order valence-corrected chi connectivity index (χ0v) is 14.8. The Kier molecular flexibility index (Phi) is 5.78. The van der Waals surface area contributed by atoms with Crippen LogP contribution in [0.15, 0.2) is 52.5 Å². The normalized spacial score (nSPS) is 11.7. The fourth-order valence-corrected chi connectivity index (χ4v) is 2.75. The first kappa shape index (κ1) is 19.2. The number of hydrazone groups is 1. The highest BCUT2D eigenvalue weighted by Gasteiger charge is 2.14. The van der Waals surface area contributed by atoms with E-state index in [1.807, 2.05) is 18.7 Å². The van der Waals surface area contributed by atoms with Gasteiger partial charge in [0, 0.05) is 11.6 Å². The van der Waals surface area contributed by atoms with E-state index < -0.39 is 26.4 Å². The molecule has 2 N–H and O–H groups in total. The van der Waals surface area contributed by atoms with Gasteiger partial charge in [-0.25, -0.2) is 4.83 Å². The molecule has 0 aromatic heterocycles. The fourth-order valence-electron chi connectivity index (χ4n) is 1.96. The summed E-state index contributed by atoms with van der Waals surface area (Å²) in [6.45, 7) is 3.71. The minimum Gasteiger partial charge on any atom is -0.502 e. The highest BCUT2D eigenvalue weighted by Crippen LogP contribution is 2.25. The number of aromatic hydroxyl groups is 1. The second-order valence-corrected chi connectivity index (χ2v) is 7.16. The molecule has 138 valence electrons. The number of phenolic OH excluding ortho intramolecular Hbond substituents is 1. The Hall–Kier alpha value is -3.14. The molecule has 0 spiro atoms. The van der Waals surface area contributed by atoms with E-state index in [9.17, 15) is 23.6 Å². The summed E-state index contributed by atoms with van der Waals surface area (Å²) < 4.78 is 29.8. The zero-order chi connectivity index (χ0) is 19.3. The summed E-state index contributed by atoms with van der Waals surface area (Å²) in [4.78, 5) is 12.0. The lowest BCUT2D eigenvalue weighted by Crippen LogP contribution is -2.18. The minimum atomic E-state index is -3.90. The summed E-state index contributed by atoms with van der Waals surface area (Å²) in [6, 6.07) is 9.37. The summed E-state index contributed by atoms with van der Waals surface area (Å²) in [5.74, 6) is 0.0512. The first-order valence-corrected chi connectivity index (χ1v) is 8.96. The van der Waals surface area contributed by atoms with Crippen LogP contribution in [0.3, 0.4) is 0 Å². The molecule has 0 atom stereocenters. The van der Waals surface area contributed by atoms with Crippen molar-refractivity contribution in [3.05, 3.63) is 58.1 Å². The van der Waals surface area contributed by atoms with Crippen LogP contribution in [0.5, 0.6) is 11.5 Å². The maximum atomic E-state index is 12.2. The smallest absolute Gasteiger partial charge is 0.311 e. The van der Waals surface area contributed by atoms with Gasteiger partial charge in [0.1, 0.15) is 5.75 Å². The standard InChI is InChI=1S/C16H17N3O6S/c1-11(2)25-13-4-6-14(7-5-13)26(23,24)18-17-10-12-3-8-16(20)15(9-12)19(21)22/h3-11,18,20H,1-2H3/b17-10+. The van der Waals surface area contributed by atoms with Gasteiger partial charge >= 0.3 is 5.69 Å². The van der Waals surface area contributed by atoms with Crippen LogP contribution in [-0.4, -0.2) is 30.8 Å². The highest BCUT2D eigenvalue weighted by molar-refractivity contribution is 7.89. The molecule has 0 aliphatic carbocycles. The van der Waals surface area contributed by atoms with Gasteiger partial charge < -0.3 is 9.84 Å². The number of benzene rings is 2. The molecular formula is C16H17N3O6S. The number of hydrogen-bond acceptors (Lipinski definition) is 7. The van der Waals surface area contributed by atoms with Crippen LogP contribution in [0.4, 0.5) is 5.69 Å². The number of nitro groups is 1. The molecule has 0 amide bonds. The molecule has 26 heavy (non-hydrogen) atoms. The van der Waals surface area contributed by atoms with Gasteiger partial charge in [0.2, 0.25) is 0 Å². The van der Waals surface area contributed by atoms with E-state index in [-0.39, 0.29) is 16.6 Å². The third-order valence-corrected chi connectivity index (χ3v) is 4.33. The van der Waals surface area contributed by atoms with E-state index in [2.05, 4.69) is 5.10 Å². The lowest BCUT2D eigenvalue weighted by Gasteiger charge is -2.10. The molecule has 0 bridgehead atoms. The highest BCUT2D eigenvalue weighted by atomic mass is 32.2.